The fourth-order valence-corrected chi connectivity index (χ4v) is 2.73. The number of nitrogens with zero attached hydrogens (tertiary/aromatic N) is 2. The van der Waals surface area contributed by atoms with Crippen LogP contribution in [0.4, 0.5) is 5.69 Å². The number of nitrogens with one attached hydrogen (secondary N) is 3. The van der Waals surface area contributed by atoms with E-state index in [4.69, 9.17) is 5.26 Å². The fraction of sp³-hybridized carbons (Fsp3) is 0.158. The molecule has 1 heterocycles. The van der Waals surface area contributed by atoms with E-state index in [-0.39, 0.29) is 18.0 Å². The van der Waals surface area contributed by atoms with E-state index in [1.165, 1.54) is 0 Å². The van der Waals surface area contributed by atoms with E-state index < -0.39 is 0 Å². The van der Waals surface area contributed by atoms with Gasteiger partial charge in [-0.05, 0) is 24.3 Å². The minimum Gasteiger partial charge on any atom is -0.323 e. The van der Waals surface area contributed by atoms with Crippen molar-refractivity contribution in [3.8, 4) is 6.07 Å². The molecule has 1 aromatic heterocycles. The lowest BCUT2D eigenvalue weighted by Gasteiger charge is -2.14. The van der Waals surface area contributed by atoms with Gasteiger partial charge in [0.2, 0.25) is 0 Å². The van der Waals surface area contributed by atoms with E-state index in [0.717, 1.165) is 4.90 Å². The monoisotopic (exact) mass is 348 g/mol. The summed E-state index contributed by atoms with van der Waals surface area (Å²) < 4.78 is 0. The van der Waals surface area contributed by atoms with Crippen molar-refractivity contribution in [3.63, 3.8) is 0 Å². The molecule has 3 rings (SSSR count). The van der Waals surface area contributed by atoms with Crippen molar-refractivity contribution >= 4 is 22.5 Å². The number of carbonyl (C=O) groups excluding carboxylic acids is 1. The molecule has 0 saturated carbocycles. The molecule has 0 aliphatic rings. The molecule has 26 heavy (non-hydrogen) atoms. The van der Waals surface area contributed by atoms with Crippen molar-refractivity contribution in [3.05, 3.63) is 70.3 Å². The lowest BCUT2D eigenvalue weighted by atomic mass is 10.2. The Morgan fingerprint density at radius 3 is 2.77 bits per heavy atom. The Hall–Kier alpha value is -3.50. The van der Waals surface area contributed by atoms with Crippen molar-refractivity contribution in [1.82, 2.24) is 9.97 Å². The van der Waals surface area contributed by atoms with Crippen LogP contribution in [0.1, 0.15) is 11.4 Å². The van der Waals surface area contributed by atoms with Crippen LogP contribution in [0.2, 0.25) is 0 Å². The molecule has 0 fully saturated rings. The van der Waals surface area contributed by atoms with E-state index in [0.29, 0.717) is 34.5 Å². The van der Waals surface area contributed by atoms with Crippen molar-refractivity contribution in [1.29, 1.82) is 5.26 Å². The molecule has 3 N–H and O–H groups in total. The minimum atomic E-state index is -0.215. The molecule has 0 bridgehead atoms. The minimum absolute atomic E-state index is 0.177. The maximum absolute atomic E-state index is 12.2. The van der Waals surface area contributed by atoms with Gasteiger partial charge in [-0.25, -0.2) is 4.98 Å². The van der Waals surface area contributed by atoms with Gasteiger partial charge >= 0.3 is 0 Å². The number of hydrogen-bond acceptors (Lipinski definition) is 4. The Labute approximate surface area is 149 Å². The van der Waals surface area contributed by atoms with Crippen LogP contribution in [0.25, 0.3) is 10.9 Å². The molecule has 0 radical (unpaired) electrons. The lowest BCUT2D eigenvalue weighted by molar-refractivity contribution is -0.885. The Morgan fingerprint density at radius 2 is 1.96 bits per heavy atom. The average molecular weight is 348 g/mol. The van der Waals surface area contributed by atoms with Crippen molar-refractivity contribution in [2.24, 2.45) is 0 Å². The summed E-state index contributed by atoms with van der Waals surface area (Å²) in [6.07, 6.45) is 0. The molecule has 2 aromatic carbocycles. The highest BCUT2D eigenvalue weighted by atomic mass is 16.2. The predicted octanol–water partition coefficient (Wildman–Crippen LogP) is 0.448. The van der Waals surface area contributed by atoms with Crippen LogP contribution in [0.5, 0.6) is 0 Å². The molecular formula is C19H18N5O2+. The number of aromatic nitrogens is 2. The number of quaternary nitrogens is 1. The molecule has 1 unspecified atom stereocenters. The van der Waals surface area contributed by atoms with Gasteiger partial charge in [0, 0.05) is 0 Å². The van der Waals surface area contributed by atoms with E-state index in [1.807, 2.05) is 19.2 Å². The third-order valence-electron chi connectivity index (χ3n) is 3.92. The van der Waals surface area contributed by atoms with E-state index in [1.54, 1.807) is 42.5 Å². The molecule has 3 aromatic rings. The van der Waals surface area contributed by atoms with Crippen LogP contribution >= 0.6 is 0 Å². The molecule has 0 aliphatic heterocycles. The van der Waals surface area contributed by atoms with Gasteiger partial charge in [-0.15, -0.1) is 0 Å². The van der Waals surface area contributed by atoms with Gasteiger partial charge in [0.25, 0.3) is 11.5 Å². The first-order valence-corrected chi connectivity index (χ1v) is 8.15. The average Bonchev–Trinajstić information content (AvgIpc) is 2.62. The number of fused-ring (bicyclic) bond motifs is 1. The molecule has 0 aliphatic carbocycles. The van der Waals surface area contributed by atoms with Gasteiger partial charge in [-0.1, -0.05) is 24.3 Å². The van der Waals surface area contributed by atoms with E-state index >= 15 is 0 Å². The van der Waals surface area contributed by atoms with Crippen molar-refractivity contribution in [2.45, 2.75) is 6.54 Å². The summed E-state index contributed by atoms with van der Waals surface area (Å²) in [6, 6.07) is 16.0. The van der Waals surface area contributed by atoms with Crippen molar-refractivity contribution < 1.29 is 9.69 Å². The second-order valence-electron chi connectivity index (χ2n) is 6.05. The van der Waals surface area contributed by atoms with Gasteiger partial charge in [0.1, 0.15) is 12.6 Å². The van der Waals surface area contributed by atoms with Gasteiger partial charge in [0.05, 0.1) is 29.2 Å². The van der Waals surface area contributed by atoms with Crippen LogP contribution < -0.4 is 15.8 Å². The largest absolute Gasteiger partial charge is 0.323 e. The standard InChI is InChI=1S/C19H17N5O2/c1-24(12-18(25)22-15-8-4-2-6-13(15)10-20)11-17-21-16-9-5-3-7-14(16)19(26)23-17/h2-9H,11-12H2,1H3,(H,22,25)(H,21,23,26)/p+1. The topological polar surface area (TPSA) is 103 Å². The second-order valence-corrected chi connectivity index (χ2v) is 6.05. The highest BCUT2D eigenvalue weighted by molar-refractivity contribution is 5.92. The molecular weight excluding hydrogens is 330 g/mol. The van der Waals surface area contributed by atoms with Crippen LogP contribution in [0.3, 0.4) is 0 Å². The lowest BCUT2D eigenvalue weighted by Crippen LogP contribution is -3.08. The number of amides is 1. The Balaban J connectivity index is 1.67. The first kappa shape index (κ1) is 17.3. The third kappa shape index (κ3) is 3.94. The van der Waals surface area contributed by atoms with E-state index in [2.05, 4.69) is 15.3 Å². The number of rotatable bonds is 5. The van der Waals surface area contributed by atoms with Crippen LogP contribution in [0.15, 0.2) is 53.3 Å². The number of anilines is 1. The summed E-state index contributed by atoms with van der Waals surface area (Å²) in [5, 5.41) is 12.4. The molecule has 1 amide bonds. The number of carbonyl (C=O) groups is 1. The molecule has 0 saturated heterocycles. The zero-order valence-electron chi connectivity index (χ0n) is 14.2. The number of nitriles is 1. The highest BCUT2D eigenvalue weighted by Crippen LogP contribution is 2.12. The fourth-order valence-electron chi connectivity index (χ4n) is 2.73. The maximum atomic E-state index is 12.2. The predicted molar refractivity (Wildman–Crippen MR) is 97.6 cm³/mol. The van der Waals surface area contributed by atoms with Gasteiger partial charge < -0.3 is 15.2 Å². The number of hydrogen-bond donors (Lipinski definition) is 3. The Kier molecular flexibility index (Phi) is 5.06. The number of benzene rings is 2. The zero-order valence-corrected chi connectivity index (χ0v) is 14.2. The van der Waals surface area contributed by atoms with Gasteiger partial charge in [0.15, 0.2) is 12.4 Å². The summed E-state index contributed by atoms with van der Waals surface area (Å²) in [7, 11) is 1.84. The SMILES string of the molecule is C[NH+](CC(=O)Nc1ccccc1C#N)Cc1nc2ccccc2c(=O)[nH]1. The third-order valence-corrected chi connectivity index (χ3v) is 3.92. The van der Waals surface area contributed by atoms with Crippen LogP contribution in [0, 0.1) is 11.3 Å². The molecule has 130 valence electrons. The van der Waals surface area contributed by atoms with Crippen LogP contribution in [-0.4, -0.2) is 29.5 Å². The van der Waals surface area contributed by atoms with Gasteiger partial charge in [-0.3, -0.25) is 9.59 Å². The first-order chi connectivity index (χ1) is 12.6. The molecule has 7 nitrogen and oxygen atoms in total. The molecule has 7 heteroatoms. The Bertz CT molecular complexity index is 1050. The zero-order chi connectivity index (χ0) is 18.5. The second kappa shape index (κ2) is 7.59. The first-order valence-electron chi connectivity index (χ1n) is 8.15. The van der Waals surface area contributed by atoms with Crippen molar-refractivity contribution in [2.75, 3.05) is 18.9 Å². The van der Waals surface area contributed by atoms with Crippen LogP contribution in [-0.2, 0) is 11.3 Å². The summed E-state index contributed by atoms with van der Waals surface area (Å²) in [5.74, 6) is 0.310. The normalized spacial score (nSPS) is 11.7. The number of likely N-dealkylation sites (N-methyl/N-ethyl adjacent to an activating group) is 1. The summed E-state index contributed by atoms with van der Waals surface area (Å²) in [6.45, 7) is 0.573. The number of para-hydroxylation sites is 2. The van der Waals surface area contributed by atoms with Gasteiger partial charge in [-0.2, -0.15) is 5.26 Å². The quantitative estimate of drug-likeness (QED) is 0.623. The smallest absolute Gasteiger partial charge is 0.279 e. The number of H-pyrrole nitrogens is 1. The summed E-state index contributed by atoms with van der Waals surface area (Å²) in [4.78, 5) is 32.4. The molecule has 0 spiro atoms. The maximum Gasteiger partial charge on any atom is 0.279 e. The summed E-state index contributed by atoms with van der Waals surface area (Å²) >= 11 is 0. The Morgan fingerprint density at radius 1 is 1.23 bits per heavy atom. The summed E-state index contributed by atoms with van der Waals surface area (Å²) in [5.41, 5.74) is 1.35. The highest BCUT2D eigenvalue weighted by Gasteiger charge is 2.14. The number of aromatic amines is 1. The molecule has 1 atom stereocenters. The van der Waals surface area contributed by atoms with E-state index in [9.17, 15) is 9.59 Å².